The lowest BCUT2D eigenvalue weighted by atomic mass is 9.95. The molecule has 0 amide bonds. The van der Waals surface area contributed by atoms with E-state index < -0.39 is 0 Å². The van der Waals surface area contributed by atoms with Crippen LogP contribution in [-0.4, -0.2) is 56.1 Å². The molecule has 1 aliphatic carbocycles. The van der Waals surface area contributed by atoms with Crippen LogP contribution in [0, 0.1) is 11.8 Å². The predicted molar refractivity (Wildman–Crippen MR) is 77.7 cm³/mol. The van der Waals surface area contributed by atoms with Crippen molar-refractivity contribution in [1.29, 1.82) is 0 Å². The van der Waals surface area contributed by atoms with Gasteiger partial charge in [-0.05, 0) is 64.7 Å². The molecule has 2 aliphatic rings. The highest BCUT2D eigenvalue weighted by Gasteiger charge is 2.24. The third-order valence-corrected chi connectivity index (χ3v) is 4.94. The molecule has 106 valence electrons. The molecular weight excluding hydrogens is 222 g/mol. The molecule has 2 N–H and O–H groups in total. The molecule has 0 spiro atoms. The van der Waals surface area contributed by atoms with Gasteiger partial charge < -0.3 is 15.5 Å². The van der Waals surface area contributed by atoms with Crippen LogP contribution >= 0.6 is 0 Å². The second-order valence-electron chi connectivity index (χ2n) is 6.68. The highest BCUT2D eigenvalue weighted by molar-refractivity contribution is 4.81. The molecule has 1 unspecified atom stereocenters. The van der Waals surface area contributed by atoms with Crippen molar-refractivity contribution in [1.82, 2.24) is 9.80 Å². The Kier molecular flexibility index (Phi) is 5.46. The van der Waals surface area contributed by atoms with E-state index >= 15 is 0 Å². The molecule has 0 aromatic rings. The Morgan fingerprint density at radius 1 is 1.17 bits per heavy atom. The van der Waals surface area contributed by atoms with E-state index in [2.05, 4.69) is 23.9 Å². The molecule has 1 heterocycles. The van der Waals surface area contributed by atoms with Crippen molar-refractivity contribution in [3.63, 3.8) is 0 Å². The van der Waals surface area contributed by atoms with Gasteiger partial charge in [0, 0.05) is 19.1 Å². The summed E-state index contributed by atoms with van der Waals surface area (Å²) in [6.45, 7) is 4.88. The molecule has 1 saturated heterocycles. The zero-order valence-electron chi connectivity index (χ0n) is 12.3. The molecule has 3 nitrogen and oxygen atoms in total. The molecule has 1 aliphatic heterocycles. The smallest absolute Gasteiger partial charge is 0.0196 e. The highest BCUT2D eigenvalue weighted by atomic mass is 15.1. The van der Waals surface area contributed by atoms with Crippen molar-refractivity contribution in [3.05, 3.63) is 0 Å². The number of nitrogens with two attached hydrogens (primary N) is 1. The van der Waals surface area contributed by atoms with E-state index in [9.17, 15) is 0 Å². The standard InChI is InChI=1S/C15H31N3/c1-17-9-7-13(8-10-17)11-18(2)12-15(16)14-5-3-4-6-14/h13-15H,3-12,16H2,1-2H3. The Hall–Kier alpha value is -0.120. The van der Waals surface area contributed by atoms with E-state index in [0.29, 0.717) is 6.04 Å². The molecule has 1 atom stereocenters. The van der Waals surface area contributed by atoms with E-state index in [0.717, 1.165) is 18.4 Å². The highest BCUT2D eigenvalue weighted by Crippen LogP contribution is 2.27. The van der Waals surface area contributed by atoms with E-state index in [4.69, 9.17) is 5.73 Å². The normalized spacial score (nSPS) is 26.0. The Bertz CT molecular complexity index is 230. The molecule has 0 aromatic heterocycles. The third-order valence-electron chi connectivity index (χ3n) is 4.94. The summed E-state index contributed by atoms with van der Waals surface area (Å²) >= 11 is 0. The molecule has 1 saturated carbocycles. The van der Waals surface area contributed by atoms with Crippen LogP contribution in [0.2, 0.25) is 0 Å². The number of piperidine rings is 1. The molecule has 0 aromatic carbocycles. The first-order valence-electron chi connectivity index (χ1n) is 7.78. The van der Waals surface area contributed by atoms with Crippen molar-refractivity contribution in [3.8, 4) is 0 Å². The van der Waals surface area contributed by atoms with Gasteiger partial charge in [-0.25, -0.2) is 0 Å². The second-order valence-corrected chi connectivity index (χ2v) is 6.68. The van der Waals surface area contributed by atoms with Gasteiger partial charge in [-0.3, -0.25) is 0 Å². The van der Waals surface area contributed by atoms with E-state index in [1.165, 1.54) is 58.2 Å². The number of likely N-dealkylation sites (N-methyl/N-ethyl adjacent to an activating group) is 1. The van der Waals surface area contributed by atoms with Gasteiger partial charge in [0.25, 0.3) is 0 Å². The first kappa shape index (κ1) is 14.3. The molecule has 0 bridgehead atoms. The zero-order chi connectivity index (χ0) is 13.0. The lowest BCUT2D eigenvalue weighted by Gasteiger charge is -2.33. The topological polar surface area (TPSA) is 32.5 Å². The van der Waals surface area contributed by atoms with Crippen molar-refractivity contribution in [2.45, 2.75) is 44.6 Å². The van der Waals surface area contributed by atoms with Crippen molar-refractivity contribution in [2.75, 3.05) is 40.3 Å². The summed E-state index contributed by atoms with van der Waals surface area (Å²) in [5.74, 6) is 1.69. The van der Waals surface area contributed by atoms with Crippen LogP contribution in [0.3, 0.4) is 0 Å². The molecule has 2 rings (SSSR count). The summed E-state index contributed by atoms with van der Waals surface area (Å²) in [7, 11) is 4.49. The predicted octanol–water partition coefficient (Wildman–Crippen LogP) is 1.78. The van der Waals surface area contributed by atoms with Gasteiger partial charge in [0.1, 0.15) is 0 Å². The maximum atomic E-state index is 6.36. The van der Waals surface area contributed by atoms with Crippen molar-refractivity contribution < 1.29 is 0 Å². The molecule has 18 heavy (non-hydrogen) atoms. The SMILES string of the molecule is CN1CCC(CN(C)CC(N)C2CCCC2)CC1. The summed E-state index contributed by atoms with van der Waals surface area (Å²) in [6.07, 6.45) is 8.25. The lowest BCUT2D eigenvalue weighted by molar-refractivity contribution is 0.166. The van der Waals surface area contributed by atoms with Crippen LogP contribution in [0.4, 0.5) is 0 Å². The monoisotopic (exact) mass is 253 g/mol. The van der Waals surface area contributed by atoms with Crippen molar-refractivity contribution in [2.24, 2.45) is 17.6 Å². The summed E-state index contributed by atoms with van der Waals surface area (Å²) in [5, 5.41) is 0. The summed E-state index contributed by atoms with van der Waals surface area (Å²) < 4.78 is 0. The van der Waals surface area contributed by atoms with Crippen LogP contribution < -0.4 is 5.73 Å². The molecule has 0 radical (unpaired) electrons. The van der Waals surface area contributed by atoms with Crippen LogP contribution in [0.1, 0.15) is 38.5 Å². The van der Waals surface area contributed by atoms with Crippen LogP contribution in [0.5, 0.6) is 0 Å². The number of rotatable bonds is 5. The van der Waals surface area contributed by atoms with E-state index in [-0.39, 0.29) is 0 Å². The Balaban J connectivity index is 1.66. The summed E-state index contributed by atoms with van der Waals surface area (Å²) in [6, 6.07) is 0.406. The summed E-state index contributed by atoms with van der Waals surface area (Å²) in [4.78, 5) is 4.93. The molecular formula is C15H31N3. The van der Waals surface area contributed by atoms with E-state index in [1.54, 1.807) is 0 Å². The molecule has 3 heteroatoms. The van der Waals surface area contributed by atoms with Gasteiger partial charge in [0.15, 0.2) is 0 Å². The van der Waals surface area contributed by atoms with Gasteiger partial charge in [0.2, 0.25) is 0 Å². The first-order valence-corrected chi connectivity index (χ1v) is 7.78. The number of nitrogens with zero attached hydrogens (tertiary/aromatic N) is 2. The fourth-order valence-corrected chi connectivity index (χ4v) is 3.65. The van der Waals surface area contributed by atoms with Gasteiger partial charge in [-0.1, -0.05) is 12.8 Å². The maximum Gasteiger partial charge on any atom is 0.0196 e. The number of hydrogen-bond acceptors (Lipinski definition) is 3. The fraction of sp³-hybridized carbons (Fsp3) is 1.00. The summed E-state index contributed by atoms with van der Waals surface area (Å²) in [5.41, 5.74) is 6.36. The van der Waals surface area contributed by atoms with Gasteiger partial charge >= 0.3 is 0 Å². The van der Waals surface area contributed by atoms with Gasteiger partial charge in [0.05, 0.1) is 0 Å². The largest absolute Gasteiger partial charge is 0.326 e. The minimum absolute atomic E-state index is 0.406. The lowest BCUT2D eigenvalue weighted by Crippen LogP contribution is -2.43. The minimum Gasteiger partial charge on any atom is -0.326 e. The number of hydrogen-bond donors (Lipinski definition) is 1. The average molecular weight is 253 g/mol. The van der Waals surface area contributed by atoms with E-state index in [1.807, 2.05) is 0 Å². The Morgan fingerprint density at radius 2 is 1.78 bits per heavy atom. The van der Waals surface area contributed by atoms with Crippen molar-refractivity contribution >= 4 is 0 Å². The maximum absolute atomic E-state index is 6.36. The fourth-order valence-electron chi connectivity index (χ4n) is 3.65. The number of likely N-dealkylation sites (tertiary alicyclic amines) is 1. The second kappa shape index (κ2) is 6.88. The quantitative estimate of drug-likeness (QED) is 0.810. The van der Waals surface area contributed by atoms with Crippen LogP contribution in [0.15, 0.2) is 0 Å². The van der Waals surface area contributed by atoms with Crippen LogP contribution in [0.25, 0.3) is 0 Å². The Labute approximate surface area is 113 Å². The molecule has 2 fully saturated rings. The minimum atomic E-state index is 0.406. The van der Waals surface area contributed by atoms with Crippen LogP contribution in [-0.2, 0) is 0 Å². The van der Waals surface area contributed by atoms with Gasteiger partial charge in [-0.15, -0.1) is 0 Å². The Morgan fingerprint density at radius 3 is 2.39 bits per heavy atom. The van der Waals surface area contributed by atoms with Gasteiger partial charge in [-0.2, -0.15) is 0 Å². The first-order chi connectivity index (χ1) is 8.65. The average Bonchev–Trinajstić information content (AvgIpc) is 2.85. The third kappa shape index (κ3) is 4.22. The zero-order valence-corrected chi connectivity index (χ0v) is 12.3.